The molecule has 0 radical (unpaired) electrons. The molecular formula is C32H38N2O3. The fraction of sp³-hybridized carbons (Fsp3) is 0.406. The van der Waals surface area contributed by atoms with Gasteiger partial charge in [0, 0.05) is 11.3 Å². The predicted octanol–water partition coefficient (Wildman–Crippen LogP) is 6.51. The molecule has 1 aliphatic carbocycles. The van der Waals surface area contributed by atoms with Crippen LogP contribution in [0.4, 0.5) is 5.69 Å². The summed E-state index contributed by atoms with van der Waals surface area (Å²) >= 11 is 0. The molecule has 5 rings (SSSR count). The number of nitrogens with zero attached hydrogens (tertiary/aromatic N) is 1. The number of piperidine rings is 1. The molecule has 1 aliphatic heterocycles. The van der Waals surface area contributed by atoms with Crippen molar-refractivity contribution >= 4 is 11.6 Å². The number of ether oxygens (including phenoxy) is 2. The second-order valence-corrected chi connectivity index (χ2v) is 10.4. The van der Waals surface area contributed by atoms with Gasteiger partial charge in [-0.15, -0.1) is 0 Å². The van der Waals surface area contributed by atoms with Gasteiger partial charge >= 0.3 is 0 Å². The van der Waals surface area contributed by atoms with Crippen LogP contribution in [0.3, 0.4) is 0 Å². The Labute approximate surface area is 220 Å². The van der Waals surface area contributed by atoms with Crippen LogP contribution < -0.4 is 14.8 Å². The molecule has 37 heavy (non-hydrogen) atoms. The normalized spacial score (nSPS) is 17.6. The van der Waals surface area contributed by atoms with E-state index in [1.807, 2.05) is 48.5 Å². The summed E-state index contributed by atoms with van der Waals surface area (Å²) in [5.41, 5.74) is 5.32. The van der Waals surface area contributed by atoms with Crippen LogP contribution in [0, 0.1) is 5.92 Å². The van der Waals surface area contributed by atoms with Gasteiger partial charge in [-0.3, -0.25) is 4.79 Å². The van der Waals surface area contributed by atoms with Crippen molar-refractivity contribution in [2.75, 3.05) is 32.1 Å². The van der Waals surface area contributed by atoms with Crippen LogP contribution in [0.2, 0.25) is 0 Å². The van der Waals surface area contributed by atoms with Gasteiger partial charge < -0.3 is 19.7 Å². The lowest BCUT2D eigenvalue weighted by atomic mass is 9.82. The Morgan fingerprint density at radius 2 is 1.68 bits per heavy atom. The number of nitrogens with one attached hydrogen (secondary N) is 1. The molecule has 1 heterocycles. The molecule has 5 heteroatoms. The molecule has 1 unspecified atom stereocenters. The summed E-state index contributed by atoms with van der Waals surface area (Å²) in [6.07, 6.45) is 9.11. The third kappa shape index (κ3) is 6.92. The molecule has 0 spiro atoms. The quantitative estimate of drug-likeness (QED) is 0.366. The lowest BCUT2D eigenvalue weighted by molar-refractivity contribution is 0.102. The summed E-state index contributed by atoms with van der Waals surface area (Å²) in [7, 11) is 1.62. The summed E-state index contributed by atoms with van der Waals surface area (Å²) in [6.45, 7) is 4.34. The Bertz CT molecular complexity index is 1170. The number of rotatable bonds is 9. The molecular weight excluding hydrogens is 460 g/mol. The summed E-state index contributed by atoms with van der Waals surface area (Å²) in [5, 5.41) is 2.92. The van der Waals surface area contributed by atoms with Gasteiger partial charge in [0.2, 0.25) is 0 Å². The molecule has 194 valence electrons. The molecule has 3 aromatic rings. The van der Waals surface area contributed by atoms with Gasteiger partial charge in [0.25, 0.3) is 5.91 Å². The molecule has 0 bridgehead atoms. The number of carbonyl (C=O) groups is 1. The highest BCUT2D eigenvalue weighted by Gasteiger charge is 2.20. The van der Waals surface area contributed by atoms with E-state index in [0.29, 0.717) is 12.2 Å². The SMILES string of the molecule is COc1ccc(NC(=O)c2ccc(COc3ccc4c(c3)CCC(CCN3CCCCC3)C4)cc2)cc1. The van der Waals surface area contributed by atoms with E-state index in [1.54, 1.807) is 7.11 Å². The molecule has 1 N–H and O–H groups in total. The van der Waals surface area contributed by atoms with E-state index in [4.69, 9.17) is 9.47 Å². The van der Waals surface area contributed by atoms with E-state index in [9.17, 15) is 4.79 Å². The maximum atomic E-state index is 12.6. The second kappa shape index (κ2) is 12.3. The van der Waals surface area contributed by atoms with Crippen LogP contribution >= 0.6 is 0 Å². The highest BCUT2D eigenvalue weighted by atomic mass is 16.5. The van der Waals surface area contributed by atoms with Crippen LogP contribution in [0.25, 0.3) is 0 Å². The van der Waals surface area contributed by atoms with Crippen molar-refractivity contribution in [2.24, 2.45) is 5.92 Å². The molecule has 0 aromatic heterocycles. The Morgan fingerprint density at radius 3 is 2.43 bits per heavy atom. The third-order valence-corrected chi connectivity index (χ3v) is 7.78. The average Bonchev–Trinajstić information content (AvgIpc) is 2.96. The number of methoxy groups -OCH3 is 1. The maximum absolute atomic E-state index is 12.6. The standard InChI is InChI=1S/C32H38N2O3/c1-36-30-15-12-29(13-16-30)33-32(35)26-8-6-25(7-9-26)23-37-31-14-11-27-21-24(5-10-28(27)22-31)17-20-34-18-3-2-4-19-34/h6-9,11-16,22,24H,2-5,10,17-21,23H2,1H3,(H,33,35). The predicted molar refractivity (Wildman–Crippen MR) is 149 cm³/mol. The van der Waals surface area contributed by atoms with E-state index >= 15 is 0 Å². The largest absolute Gasteiger partial charge is 0.497 e. The van der Waals surface area contributed by atoms with Crippen LogP contribution in [0.5, 0.6) is 11.5 Å². The zero-order valence-electron chi connectivity index (χ0n) is 21.9. The van der Waals surface area contributed by atoms with E-state index < -0.39 is 0 Å². The van der Waals surface area contributed by atoms with Gasteiger partial charge in [0.15, 0.2) is 0 Å². The van der Waals surface area contributed by atoms with Crippen molar-refractivity contribution in [3.63, 3.8) is 0 Å². The first-order chi connectivity index (χ1) is 18.2. The van der Waals surface area contributed by atoms with Gasteiger partial charge in [0.05, 0.1) is 7.11 Å². The minimum atomic E-state index is -0.137. The van der Waals surface area contributed by atoms with Crippen molar-refractivity contribution in [1.82, 2.24) is 4.90 Å². The Morgan fingerprint density at radius 1 is 0.919 bits per heavy atom. The van der Waals surface area contributed by atoms with Crippen LogP contribution in [0.1, 0.15) is 59.2 Å². The highest BCUT2D eigenvalue weighted by Crippen LogP contribution is 2.31. The number of anilines is 1. The van der Waals surface area contributed by atoms with Crippen LogP contribution in [0.15, 0.2) is 66.7 Å². The second-order valence-electron chi connectivity index (χ2n) is 10.4. The van der Waals surface area contributed by atoms with Gasteiger partial charge in [-0.05, 0) is 129 Å². The minimum Gasteiger partial charge on any atom is -0.497 e. The van der Waals surface area contributed by atoms with Crippen molar-refractivity contribution in [3.8, 4) is 11.5 Å². The van der Waals surface area contributed by atoms with E-state index in [2.05, 4.69) is 28.4 Å². The topological polar surface area (TPSA) is 50.8 Å². The molecule has 2 aliphatic rings. The van der Waals surface area contributed by atoms with Crippen molar-refractivity contribution < 1.29 is 14.3 Å². The minimum absolute atomic E-state index is 0.137. The Hall–Kier alpha value is -3.31. The first kappa shape index (κ1) is 25.3. The molecule has 1 saturated heterocycles. The average molecular weight is 499 g/mol. The maximum Gasteiger partial charge on any atom is 0.255 e. The number of likely N-dealkylation sites (tertiary alicyclic amines) is 1. The summed E-state index contributed by atoms with van der Waals surface area (Å²) in [4.78, 5) is 15.2. The number of amides is 1. The summed E-state index contributed by atoms with van der Waals surface area (Å²) in [6, 6.07) is 21.5. The summed E-state index contributed by atoms with van der Waals surface area (Å²) < 4.78 is 11.3. The van der Waals surface area contributed by atoms with Gasteiger partial charge in [-0.2, -0.15) is 0 Å². The molecule has 1 fully saturated rings. The first-order valence-corrected chi connectivity index (χ1v) is 13.7. The monoisotopic (exact) mass is 498 g/mol. The zero-order valence-corrected chi connectivity index (χ0v) is 21.9. The molecule has 3 aromatic carbocycles. The smallest absolute Gasteiger partial charge is 0.255 e. The Balaban J connectivity index is 1.09. The zero-order chi connectivity index (χ0) is 25.5. The number of aryl methyl sites for hydroxylation is 1. The summed E-state index contributed by atoms with van der Waals surface area (Å²) in [5.74, 6) is 2.35. The van der Waals surface area contributed by atoms with E-state index in [0.717, 1.165) is 35.1 Å². The number of hydrogen-bond donors (Lipinski definition) is 1. The molecule has 1 amide bonds. The molecule has 0 saturated carbocycles. The lowest BCUT2D eigenvalue weighted by Crippen LogP contribution is -2.32. The number of benzene rings is 3. The highest BCUT2D eigenvalue weighted by molar-refractivity contribution is 6.04. The first-order valence-electron chi connectivity index (χ1n) is 13.7. The van der Waals surface area contributed by atoms with E-state index in [1.165, 1.54) is 69.3 Å². The number of carbonyl (C=O) groups excluding carboxylic acids is 1. The van der Waals surface area contributed by atoms with Gasteiger partial charge in [-0.1, -0.05) is 24.6 Å². The van der Waals surface area contributed by atoms with E-state index in [-0.39, 0.29) is 5.91 Å². The van der Waals surface area contributed by atoms with Crippen LogP contribution in [-0.2, 0) is 19.4 Å². The van der Waals surface area contributed by atoms with Gasteiger partial charge in [-0.25, -0.2) is 0 Å². The number of hydrogen-bond acceptors (Lipinski definition) is 4. The van der Waals surface area contributed by atoms with Gasteiger partial charge in [0.1, 0.15) is 18.1 Å². The van der Waals surface area contributed by atoms with Crippen molar-refractivity contribution in [1.29, 1.82) is 0 Å². The van der Waals surface area contributed by atoms with Crippen LogP contribution in [-0.4, -0.2) is 37.6 Å². The fourth-order valence-electron chi connectivity index (χ4n) is 5.49. The fourth-order valence-corrected chi connectivity index (χ4v) is 5.49. The Kier molecular flexibility index (Phi) is 8.42. The molecule has 5 nitrogen and oxygen atoms in total. The molecule has 1 atom stereocenters. The lowest BCUT2D eigenvalue weighted by Gasteiger charge is -2.30. The van der Waals surface area contributed by atoms with Crippen molar-refractivity contribution in [2.45, 2.75) is 51.6 Å². The third-order valence-electron chi connectivity index (χ3n) is 7.78. The number of fused-ring (bicyclic) bond motifs is 1. The van der Waals surface area contributed by atoms with Crippen molar-refractivity contribution in [3.05, 3.63) is 89.0 Å².